The molecule has 0 unspecified atom stereocenters. The Hall–Kier alpha value is -4.98. The molecule has 0 bridgehead atoms. The first kappa shape index (κ1) is 24.2. The highest BCUT2D eigenvalue weighted by atomic mass is 16.4. The van der Waals surface area contributed by atoms with E-state index in [0.29, 0.717) is 16.7 Å². The van der Waals surface area contributed by atoms with E-state index in [1.54, 1.807) is 60.7 Å². The quantitative estimate of drug-likeness (QED) is 0.387. The maximum atomic E-state index is 12.2. The van der Waals surface area contributed by atoms with Crippen LogP contribution in [0.4, 0.5) is 0 Å². The van der Waals surface area contributed by atoms with Crippen LogP contribution in [-0.4, -0.2) is 44.3 Å². The molecule has 3 aromatic rings. The van der Waals surface area contributed by atoms with E-state index in [0.717, 1.165) is 6.07 Å². The Bertz CT molecular complexity index is 1410. The summed E-state index contributed by atoms with van der Waals surface area (Å²) in [6.45, 7) is 0. The Morgan fingerprint density at radius 3 is 1.58 bits per heavy atom. The van der Waals surface area contributed by atoms with E-state index in [1.165, 1.54) is 18.2 Å². The molecule has 0 amide bonds. The SMILES string of the molecule is O=C(O)C1=C(C(=O)O)CC(c2ccccc2)(c2ccccc2)C(c2ccc(C(=O)O)c(C(=O)O)c2)=C1. The first-order valence-corrected chi connectivity index (χ1v) is 10.8. The monoisotopic (exact) mass is 484 g/mol. The van der Waals surface area contributed by atoms with Crippen LogP contribution >= 0.6 is 0 Å². The molecule has 3 aromatic carbocycles. The molecule has 0 radical (unpaired) electrons. The Kier molecular flexibility index (Phi) is 6.27. The molecule has 0 heterocycles. The standard InChI is InChI=1S/C28H20O8/c29-24(30)19-12-11-16(13-20(19)25(31)32)23-14-21(26(33)34)22(27(35)36)15-28(23,17-7-3-1-4-8-17)18-9-5-2-6-10-18/h1-14H,15H2,(H,29,30)(H,31,32)(H,33,34)(H,35,36). The number of aliphatic carboxylic acids is 2. The lowest BCUT2D eigenvalue weighted by molar-refractivity contribution is -0.135. The maximum absolute atomic E-state index is 12.2. The van der Waals surface area contributed by atoms with Gasteiger partial charge in [0, 0.05) is 0 Å². The van der Waals surface area contributed by atoms with Crippen LogP contribution in [0, 0.1) is 0 Å². The normalized spacial score (nSPS) is 14.6. The number of carboxylic acid groups (broad SMARTS) is 4. The molecule has 0 spiro atoms. The first-order chi connectivity index (χ1) is 17.2. The van der Waals surface area contributed by atoms with Crippen molar-refractivity contribution in [2.24, 2.45) is 0 Å². The van der Waals surface area contributed by atoms with Gasteiger partial charge in [0.2, 0.25) is 0 Å². The fourth-order valence-electron chi connectivity index (χ4n) is 4.72. The number of hydrogen-bond donors (Lipinski definition) is 4. The van der Waals surface area contributed by atoms with Crippen molar-refractivity contribution in [3.05, 3.63) is 124 Å². The molecule has 0 atom stereocenters. The van der Waals surface area contributed by atoms with Gasteiger partial charge in [0.15, 0.2) is 0 Å². The van der Waals surface area contributed by atoms with Crippen LogP contribution in [0.5, 0.6) is 0 Å². The van der Waals surface area contributed by atoms with Gasteiger partial charge in [-0.3, -0.25) is 0 Å². The van der Waals surface area contributed by atoms with Gasteiger partial charge < -0.3 is 20.4 Å². The Morgan fingerprint density at radius 1 is 0.611 bits per heavy atom. The third-order valence-electron chi connectivity index (χ3n) is 6.33. The van der Waals surface area contributed by atoms with E-state index in [2.05, 4.69) is 0 Å². The molecule has 180 valence electrons. The van der Waals surface area contributed by atoms with Crippen LogP contribution in [0.25, 0.3) is 5.57 Å². The molecule has 1 aliphatic rings. The second kappa shape index (κ2) is 9.34. The second-order valence-corrected chi connectivity index (χ2v) is 8.25. The summed E-state index contributed by atoms with van der Waals surface area (Å²) in [5, 5.41) is 39.0. The van der Waals surface area contributed by atoms with Gasteiger partial charge >= 0.3 is 23.9 Å². The zero-order valence-electron chi connectivity index (χ0n) is 18.7. The van der Waals surface area contributed by atoms with Crippen molar-refractivity contribution >= 4 is 29.5 Å². The summed E-state index contributed by atoms with van der Waals surface area (Å²) in [7, 11) is 0. The maximum Gasteiger partial charge on any atom is 0.336 e. The van der Waals surface area contributed by atoms with Gasteiger partial charge in [0.25, 0.3) is 0 Å². The molecule has 0 saturated carbocycles. The number of carbonyl (C=O) groups is 4. The molecule has 8 nitrogen and oxygen atoms in total. The third kappa shape index (κ3) is 4.05. The zero-order valence-corrected chi connectivity index (χ0v) is 18.7. The van der Waals surface area contributed by atoms with Crippen LogP contribution < -0.4 is 0 Å². The zero-order chi connectivity index (χ0) is 26.0. The molecule has 0 saturated heterocycles. The van der Waals surface area contributed by atoms with Gasteiger partial charge in [-0.1, -0.05) is 66.7 Å². The summed E-state index contributed by atoms with van der Waals surface area (Å²) in [5.74, 6) is -5.71. The molecule has 4 N–H and O–H groups in total. The van der Waals surface area contributed by atoms with E-state index in [4.69, 9.17) is 0 Å². The van der Waals surface area contributed by atoms with Gasteiger partial charge in [0.1, 0.15) is 0 Å². The van der Waals surface area contributed by atoms with E-state index in [9.17, 15) is 39.6 Å². The predicted octanol–water partition coefficient (Wildman–Crippen LogP) is 4.32. The van der Waals surface area contributed by atoms with Crippen molar-refractivity contribution in [3.8, 4) is 0 Å². The highest BCUT2D eigenvalue weighted by molar-refractivity contribution is 6.07. The van der Waals surface area contributed by atoms with Gasteiger partial charge in [-0.2, -0.15) is 0 Å². The van der Waals surface area contributed by atoms with Crippen molar-refractivity contribution in [2.75, 3.05) is 0 Å². The fourth-order valence-corrected chi connectivity index (χ4v) is 4.72. The lowest BCUT2D eigenvalue weighted by atomic mass is 9.61. The average molecular weight is 484 g/mol. The molecule has 1 aliphatic carbocycles. The fraction of sp³-hybridized carbons (Fsp3) is 0.0714. The van der Waals surface area contributed by atoms with Gasteiger partial charge in [-0.15, -0.1) is 0 Å². The van der Waals surface area contributed by atoms with E-state index >= 15 is 0 Å². The summed E-state index contributed by atoms with van der Waals surface area (Å²) in [6, 6.07) is 21.5. The lowest BCUT2D eigenvalue weighted by Gasteiger charge is -2.41. The van der Waals surface area contributed by atoms with Crippen LogP contribution in [-0.2, 0) is 15.0 Å². The third-order valence-corrected chi connectivity index (χ3v) is 6.33. The predicted molar refractivity (Wildman–Crippen MR) is 129 cm³/mol. The highest BCUT2D eigenvalue weighted by Crippen LogP contribution is 2.52. The van der Waals surface area contributed by atoms with Crippen LogP contribution in [0.3, 0.4) is 0 Å². The van der Waals surface area contributed by atoms with Crippen LogP contribution in [0.15, 0.2) is 96.1 Å². The van der Waals surface area contributed by atoms with Gasteiger partial charge in [-0.25, -0.2) is 19.2 Å². The van der Waals surface area contributed by atoms with Crippen molar-refractivity contribution in [1.82, 2.24) is 0 Å². The summed E-state index contributed by atoms with van der Waals surface area (Å²) >= 11 is 0. The van der Waals surface area contributed by atoms with Crippen LogP contribution in [0.1, 0.15) is 43.8 Å². The number of carboxylic acids is 4. The summed E-state index contributed by atoms with van der Waals surface area (Å²) in [5.41, 5.74) is -0.937. The molecule has 4 rings (SSSR count). The minimum absolute atomic E-state index is 0.229. The van der Waals surface area contributed by atoms with Gasteiger partial charge in [-0.05, 0) is 46.9 Å². The molecule has 0 fully saturated rings. The highest BCUT2D eigenvalue weighted by Gasteiger charge is 2.45. The summed E-state index contributed by atoms with van der Waals surface area (Å²) in [6.07, 6.45) is 1.02. The van der Waals surface area contributed by atoms with Gasteiger partial charge in [0.05, 0.1) is 27.7 Å². The summed E-state index contributed by atoms with van der Waals surface area (Å²) in [4.78, 5) is 47.9. The van der Waals surface area contributed by atoms with E-state index in [-0.39, 0.29) is 17.6 Å². The molecule has 8 heteroatoms. The molecule has 0 aliphatic heterocycles. The van der Waals surface area contributed by atoms with E-state index < -0.39 is 46.0 Å². The number of rotatable bonds is 7. The Morgan fingerprint density at radius 2 is 1.14 bits per heavy atom. The number of aromatic carboxylic acids is 2. The molecular formula is C28H20O8. The first-order valence-electron chi connectivity index (χ1n) is 10.8. The second-order valence-electron chi connectivity index (χ2n) is 8.25. The van der Waals surface area contributed by atoms with E-state index in [1.807, 2.05) is 0 Å². The molecular weight excluding hydrogens is 464 g/mol. The van der Waals surface area contributed by atoms with Crippen molar-refractivity contribution in [2.45, 2.75) is 11.8 Å². The van der Waals surface area contributed by atoms with Crippen molar-refractivity contribution in [3.63, 3.8) is 0 Å². The minimum Gasteiger partial charge on any atom is -0.478 e. The largest absolute Gasteiger partial charge is 0.478 e. The Balaban J connectivity index is 2.15. The van der Waals surface area contributed by atoms with Crippen molar-refractivity contribution < 1.29 is 39.6 Å². The molecule has 36 heavy (non-hydrogen) atoms. The minimum atomic E-state index is -1.46. The number of allylic oxidation sites excluding steroid dienone is 1. The smallest absolute Gasteiger partial charge is 0.336 e. The topological polar surface area (TPSA) is 149 Å². The van der Waals surface area contributed by atoms with Crippen molar-refractivity contribution in [1.29, 1.82) is 0 Å². The average Bonchev–Trinajstić information content (AvgIpc) is 2.88. The number of benzene rings is 3. The summed E-state index contributed by atoms with van der Waals surface area (Å²) < 4.78 is 0. The van der Waals surface area contributed by atoms with Crippen LogP contribution in [0.2, 0.25) is 0 Å². The number of hydrogen-bond acceptors (Lipinski definition) is 4. The Labute approximate surface area is 205 Å². The lowest BCUT2D eigenvalue weighted by Crippen LogP contribution is -2.35. The molecule has 0 aromatic heterocycles.